The maximum atomic E-state index is 14.4. The number of anilines is 2. The number of halogens is 2. The Hall–Kier alpha value is -2.98. The van der Waals surface area contributed by atoms with Gasteiger partial charge in [0.05, 0.1) is 35.7 Å². The fourth-order valence-electron chi connectivity index (χ4n) is 5.47. The Morgan fingerprint density at radius 1 is 1.04 bits per heavy atom. The number of nitrogens with zero attached hydrogens (tertiary/aromatic N) is 3. The Morgan fingerprint density at radius 2 is 1.63 bits per heavy atom. The number of carbonyl (C=O) groups excluding carboxylic acids is 2. The van der Waals surface area contributed by atoms with E-state index in [4.69, 9.17) is 37.6 Å². The second-order valence-corrected chi connectivity index (χ2v) is 15.2. The average Bonchev–Trinajstić information content (AvgIpc) is 3.56. The minimum atomic E-state index is -4.40. The van der Waals surface area contributed by atoms with Gasteiger partial charge in [0.25, 0.3) is 15.9 Å². The van der Waals surface area contributed by atoms with Crippen LogP contribution in [0.1, 0.15) is 47.1 Å². The molecule has 1 fully saturated rings. The highest BCUT2D eigenvalue weighted by molar-refractivity contribution is 7.89. The molecule has 2 amide bonds. The molecule has 3 heterocycles. The number of nitrogens with one attached hydrogen (secondary N) is 2. The molecule has 0 aliphatic carbocycles. The van der Waals surface area contributed by atoms with Crippen LogP contribution in [0.25, 0.3) is 0 Å². The van der Waals surface area contributed by atoms with Gasteiger partial charge in [0.2, 0.25) is 11.9 Å². The summed E-state index contributed by atoms with van der Waals surface area (Å²) in [6, 6.07) is 10.8. The predicted octanol–water partition coefficient (Wildman–Crippen LogP) is 2.90. The summed E-state index contributed by atoms with van der Waals surface area (Å²) < 4.78 is 43.5. The highest BCUT2D eigenvalue weighted by Gasteiger charge is 2.53. The molecule has 16 heteroatoms. The molecule has 2 atom stereocenters. The van der Waals surface area contributed by atoms with E-state index in [9.17, 15) is 18.0 Å². The van der Waals surface area contributed by atoms with Gasteiger partial charge >= 0.3 is 7.12 Å². The first-order valence-electron chi connectivity index (χ1n) is 14.6. The number of imidazole rings is 1. The zero-order valence-corrected chi connectivity index (χ0v) is 28.6. The summed E-state index contributed by atoms with van der Waals surface area (Å²) in [4.78, 5) is 32.4. The van der Waals surface area contributed by atoms with E-state index < -0.39 is 51.7 Å². The zero-order chi connectivity index (χ0) is 33.8. The quantitative estimate of drug-likeness (QED) is 0.275. The second-order valence-electron chi connectivity index (χ2n) is 12.6. The van der Waals surface area contributed by atoms with Gasteiger partial charge in [-0.25, -0.2) is 18.3 Å². The average molecular weight is 692 g/mol. The molecule has 3 N–H and O–H groups in total. The molecule has 12 nitrogen and oxygen atoms in total. The maximum absolute atomic E-state index is 14.4. The monoisotopic (exact) mass is 691 g/mol. The SMILES string of the molecule is CC(NS(=O)(=O)c1cnc2n1C(C)(Cc1ccc(B3OC(C)(C)C(C)(C)O3)cc1)C(=O)N2c1cc(Cl)cc(Cl)c1)C(=O)NCCO. The fourth-order valence-corrected chi connectivity index (χ4v) is 7.39. The minimum absolute atomic E-state index is 0.0377. The molecule has 2 aliphatic rings. The van der Waals surface area contributed by atoms with E-state index in [0.29, 0.717) is 5.69 Å². The molecule has 2 aliphatic heterocycles. The van der Waals surface area contributed by atoms with E-state index in [2.05, 4.69) is 15.0 Å². The number of hydrogen-bond donors (Lipinski definition) is 3. The second kappa shape index (κ2) is 12.2. The van der Waals surface area contributed by atoms with Gasteiger partial charge in [-0.3, -0.25) is 14.2 Å². The number of benzene rings is 2. The van der Waals surface area contributed by atoms with Gasteiger partial charge in [-0.15, -0.1) is 0 Å². The number of fused-ring (bicyclic) bond motifs is 1. The molecule has 2 unspecified atom stereocenters. The minimum Gasteiger partial charge on any atom is -0.399 e. The van der Waals surface area contributed by atoms with Gasteiger partial charge in [-0.1, -0.05) is 47.5 Å². The van der Waals surface area contributed by atoms with Crippen molar-refractivity contribution in [2.24, 2.45) is 0 Å². The molecule has 0 radical (unpaired) electrons. The molecule has 46 heavy (non-hydrogen) atoms. The molecule has 0 spiro atoms. The van der Waals surface area contributed by atoms with Crippen molar-refractivity contribution in [1.82, 2.24) is 19.6 Å². The normalized spacial score (nSPS) is 21.0. The Kier molecular flexibility index (Phi) is 9.14. The number of aliphatic hydroxyl groups excluding tert-OH is 1. The van der Waals surface area contributed by atoms with Crippen molar-refractivity contribution in [3.05, 3.63) is 64.3 Å². The lowest BCUT2D eigenvalue weighted by molar-refractivity contribution is -0.124. The third-order valence-electron chi connectivity index (χ3n) is 8.64. The highest BCUT2D eigenvalue weighted by Crippen LogP contribution is 2.44. The van der Waals surface area contributed by atoms with Crippen LogP contribution in [0.5, 0.6) is 0 Å². The number of carbonyl (C=O) groups is 2. The summed E-state index contributed by atoms with van der Waals surface area (Å²) in [6.45, 7) is 10.5. The van der Waals surface area contributed by atoms with E-state index in [1.807, 2.05) is 52.0 Å². The summed E-state index contributed by atoms with van der Waals surface area (Å²) >= 11 is 12.6. The first-order chi connectivity index (χ1) is 21.4. The molecule has 2 aromatic carbocycles. The van der Waals surface area contributed by atoms with Crippen molar-refractivity contribution in [1.29, 1.82) is 0 Å². The standard InChI is InChI=1S/C30H36BCl2N5O7S/c1-18(25(40)34-11-12-39)36-46(42,43)24-17-35-27-37(23-14-21(32)13-22(33)15-23)26(41)30(6,38(24)27)16-19-7-9-20(10-8-19)31-44-28(2,3)29(4,5)45-31/h7-10,13-15,17-18,36,39H,11-12,16H2,1-6H3,(H,34,40). The van der Waals surface area contributed by atoms with Crippen LogP contribution in [0, 0.1) is 0 Å². The van der Waals surface area contributed by atoms with E-state index in [1.165, 1.54) is 34.6 Å². The molecule has 1 aromatic heterocycles. The third-order valence-corrected chi connectivity index (χ3v) is 10.6. The molecular weight excluding hydrogens is 656 g/mol. The summed E-state index contributed by atoms with van der Waals surface area (Å²) in [5, 5.41) is 11.7. The summed E-state index contributed by atoms with van der Waals surface area (Å²) in [5.41, 5.74) is -0.684. The Morgan fingerprint density at radius 3 is 2.20 bits per heavy atom. The van der Waals surface area contributed by atoms with Crippen molar-refractivity contribution in [2.75, 3.05) is 18.1 Å². The van der Waals surface area contributed by atoms with Gasteiger partial charge in [0, 0.05) is 23.0 Å². The van der Waals surface area contributed by atoms with Crippen molar-refractivity contribution < 1.29 is 32.4 Å². The van der Waals surface area contributed by atoms with Gasteiger partial charge in [-0.2, -0.15) is 4.72 Å². The topological polar surface area (TPSA) is 152 Å². The first-order valence-corrected chi connectivity index (χ1v) is 16.9. The number of hydrogen-bond acceptors (Lipinski definition) is 8. The molecule has 0 bridgehead atoms. The smallest absolute Gasteiger partial charge is 0.399 e. The first kappa shape index (κ1) is 34.4. The lowest BCUT2D eigenvalue weighted by Crippen LogP contribution is -2.47. The zero-order valence-electron chi connectivity index (χ0n) is 26.3. The van der Waals surface area contributed by atoms with E-state index in [-0.39, 0.29) is 40.6 Å². The largest absolute Gasteiger partial charge is 0.494 e. The van der Waals surface area contributed by atoms with Crippen LogP contribution in [0.15, 0.2) is 53.7 Å². The maximum Gasteiger partial charge on any atom is 0.494 e. The van der Waals surface area contributed by atoms with Crippen molar-refractivity contribution in [3.63, 3.8) is 0 Å². The van der Waals surface area contributed by atoms with Gasteiger partial charge in [0.15, 0.2) is 5.03 Å². The molecular formula is C30H36BCl2N5O7S. The summed E-state index contributed by atoms with van der Waals surface area (Å²) in [7, 11) is -4.98. The molecule has 0 saturated carbocycles. The molecule has 1 saturated heterocycles. The number of amides is 2. The molecule has 246 valence electrons. The highest BCUT2D eigenvalue weighted by atomic mass is 35.5. The van der Waals surface area contributed by atoms with E-state index >= 15 is 0 Å². The fraction of sp³-hybridized carbons (Fsp3) is 0.433. The van der Waals surface area contributed by atoms with Crippen molar-refractivity contribution >= 4 is 69.3 Å². The van der Waals surface area contributed by atoms with Crippen LogP contribution < -0.4 is 20.4 Å². The Bertz CT molecular complexity index is 1750. The van der Waals surface area contributed by atoms with Crippen LogP contribution in [0.3, 0.4) is 0 Å². The van der Waals surface area contributed by atoms with Crippen LogP contribution in [-0.4, -0.2) is 72.4 Å². The predicted molar refractivity (Wildman–Crippen MR) is 175 cm³/mol. The van der Waals surface area contributed by atoms with Crippen molar-refractivity contribution in [2.45, 2.75) is 75.8 Å². The summed E-state index contributed by atoms with van der Waals surface area (Å²) in [6.07, 6.45) is 1.22. The summed E-state index contributed by atoms with van der Waals surface area (Å²) in [5.74, 6) is -1.05. The van der Waals surface area contributed by atoms with E-state index in [1.54, 1.807) is 6.92 Å². The van der Waals surface area contributed by atoms with Gasteiger partial charge in [0.1, 0.15) is 5.54 Å². The number of rotatable bonds is 10. The van der Waals surface area contributed by atoms with Crippen LogP contribution in [0.4, 0.5) is 11.6 Å². The number of sulfonamides is 1. The lowest BCUT2D eigenvalue weighted by atomic mass is 9.78. The van der Waals surface area contributed by atoms with E-state index in [0.717, 1.165) is 17.2 Å². The van der Waals surface area contributed by atoms with Gasteiger partial charge < -0.3 is 19.7 Å². The van der Waals surface area contributed by atoms with Crippen LogP contribution in [0.2, 0.25) is 10.0 Å². The number of aromatic nitrogens is 2. The van der Waals surface area contributed by atoms with Crippen molar-refractivity contribution in [3.8, 4) is 0 Å². The van der Waals surface area contributed by atoms with Gasteiger partial charge in [-0.05, 0) is 70.8 Å². The molecule has 5 rings (SSSR count). The number of aliphatic hydroxyl groups is 1. The molecule has 3 aromatic rings. The Balaban J connectivity index is 1.53. The lowest BCUT2D eigenvalue weighted by Gasteiger charge is -2.32. The third kappa shape index (κ3) is 6.19. The van der Waals surface area contributed by atoms with Crippen LogP contribution in [-0.2, 0) is 40.9 Å². The Labute approximate surface area is 278 Å². The van der Waals surface area contributed by atoms with Crippen LogP contribution >= 0.6 is 23.2 Å².